The highest BCUT2D eigenvalue weighted by Gasteiger charge is 2.26. The second kappa shape index (κ2) is 12.3. The minimum Gasteiger partial charge on any atom is -0.437 e. The molecule has 1 heterocycles. The maximum absolute atomic E-state index is 12.2. The van der Waals surface area contributed by atoms with Crippen molar-refractivity contribution in [1.82, 2.24) is 0 Å². The second-order valence-electron chi connectivity index (χ2n) is 9.52. The van der Waals surface area contributed by atoms with Gasteiger partial charge in [-0.3, -0.25) is 4.79 Å². The van der Waals surface area contributed by atoms with Crippen molar-refractivity contribution in [2.24, 2.45) is 16.8 Å². The summed E-state index contributed by atoms with van der Waals surface area (Å²) < 4.78 is 6.23. The van der Waals surface area contributed by atoms with Gasteiger partial charge in [-0.15, -0.1) is 0 Å². The van der Waals surface area contributed by atoms with Gasteiger partial charge in [0, 0.05) is 28.9 Å². The summed E-state index contributed by atoms with van der Waals surface area (Å²) in [6.07, 6.45) is 6.15. The Morgan fingerprint density at radius 2 is 1.74 bits per heavy atom. The molecule has 0 radical (unpaired) electrons. The van der Waals surface area contributed by atoms with E-state index >= 15 is 0 Å². The van der Waals surface area contributed by atoms with Crippen LogP contribution in [0, 0.1) is 11.8 Å². The maximum atomic E-state index is 12.2. The van der Waals surface area contributed by atoms with Crippen molar-refractivity contribution in [3.8, 4) is 22.5 Å². The highest BCUT2D eigenvalue weighted by molar-refractivity contribution is 5.95. The number of hydrogen-bond donors (Lipinski definition) is 1. The van der Waals surface area contributed by atoms with Crippen LogP contribution in [0.15, 0.2) is 70.6 Å². The van der Waals surface area contributed by atoms with E-state index in [1.165, 1.54) is 6.42 Å². The second-order valence-corrected chi connectivity index (χ2v) is 9.52. The summed E-state index contributed by atoms with van der Waals surface area (Å²) in [6, 6.07) is 17.9. The molecule has 4 heteroatoms. The molecule has 0 spiro atoms. The Labute approximate surface area is 210 Å². The summed E-state index contributed by atoms with van der Waals surface area (Å²) in [6.45, 7) is 14.6. The lowest BCUT2D eigenvalue weighted by Gasteiger charge is -2.24. The molecule has 3 aromatic rings. The summed E-state index contributed by atoms with van der Waals surface area (Å²) in [5.41, 5.74) is 5.57. The molecule has 1 N–H and O–H groups in total. The monoisotopic (exact) mass is 470 g/mol. The van der Waals surface area contributed by atoms with Crippen LogP contribution in [-0.4, -0.2) is 12.1 Å². The number of hydrogen-bond acceptors (Lipinski definition) is 3. The van der Waals surface area contributed by atoms with E-state index in [1.54, 1.807) is 6.21 Å². The summed E-state index contributed by atoms with van der Waals surface area (Å²) in [7, 11) is 0. The Bertz CT molecular complexity index is 1150. The fraction of sp³-hybridized carbons (Fsp3) is 0.355. The van der Waals surface area contributed by atoms with Gasteiger partial charge in [0.05, 0.1) is 5.56 Å². The summed E-state index contributed by atoms with van der Waals surface area (Å²) in [5.74, 6) is 2.46. The number of furan rings is 1. The van der Waals surface area contributed by atoms with Gasteiger partial charge in [0.25, 0.3) is 0 Å². The lowest BCUT2D eigenvalue weighted by molar-refractivity contribution is -0.122. The van der Waals surface area contributed by atoms with Gasteiger partial charge < -0.3 is 9.73 Å². The standard InChI is InChI=1S/C26H26N2O2.C5H12/c1-4-27-26-22(17(2)3)23(18-9-6-5-7-10-18)24(30-26)19-13-15-21(16-14-19)28-25(29)20-11-8-12-20;1-4-5(2)3/h4-7,9-10,13-16,20H,2,8,11-12H2,1,3H3,(H,28,29);5H,4H2,1-3H3/b27-4-;. The van der Waals surface area contributed by atoms with Crippen molar-refractivity contribution in [2.45, 2.75) is 60.3 Å². The van der Waals surface area contributed by atoms with Crippen LogP contribution in [0.25, 0.3) is 28.0 Å². The number of nitrogens with one attached hydrogen (secondary N) is 1. The Hall–Kier alpha value is -3.40. The van der Waals surface area contributed by atoms with Crippen molar-refractivity contribution in [2.75, 3.05) is 5.32 Å². The molecule has 1 amide bonds. The number of rotatable bonds is 7. The van der Waals surface area contributed by atoms with E-state index in [0.29, 0.717) is 5.88 Å². The van der Waals surface area contributed by atoms with E-state index in [4.69, 9.17) is 4.42 Å². The fourth-order valence-corrected chi connectivity index (χ4v) is 3.73. The number of nitrogens with zero attached hydrogens (tertiary/aromatic N) is 1. The van der Waals surface area contributed by atoms with Crippen molar-refractivity contribution in [3.05, 3.63) is 66.7 Å². The van der Waals surface area contributed by atoms with E-state index in [1.807, 2.05) is 56.3 Å². The average molecular weight is 471 g/mol. The van der Waals surface area contributed by atoms with E-state index in [9.17, 15) is 4.79 Å². The third-order valence-electron chi connectivity index (χ3n) is 6.33. The van der Waals surface area contributed by atoms with Gasteiger partial charge in [0.15, 0.2) is 0 Å². The van der Waals surface area contributed by atoms with Crippen molar-refractivity contribution in [3.63, 3.8) is 0 Å². The van der Waals surface area contributed by atoms with Crippen LogP contribution < -0.4 is 5.32 Å². The highest BCUT2D eigenvalue weighted by atomic mass is 16.4. The molecule has 1 fully saturated rings. The van der Waals surface area contributed by atoms with E-state index in [0.717, 1.165) is 64.5 Å². The Kier molecular flexibility index (Phi) is 9.25. The van der Waals surface area contributed by atoms with Crippen molar-refractivity contribution >= 4 is 29.3 Å². The number of benzene rings is 2. The highest BCUT2D eigenvalue weighted by Crippen LogP contribution is 2.45. The Balaban J connectivity index is 0.000000623. The van der Waals surface area contributed by atoms with Gasteiger partial charge in [-0.2, -0.15) is 0 Å². The topological polar surface area (TPSA) is 54.6 Å². The van der Waals surface area contributed by atoms with E-state index in [2.05, 4.69) is 49.8 Å². The quantitative estimate of drug-likeness (QED) is 0.350. The molecule has 0 unspecified atom stereocenters. The van der Waals surface area contributed by atoms with Crippen LogP contribution in [0.4, 0.5) is 11.6 Å². The Morgan fingerprint density at radius 3 is 2.23 bits per heavy atom. The molecule has 1 saturated carbocycles. The molecule has 1 aromatic heterocycles. The Morgan fingerprint density at radius 1 is 1.11 bits per heavy atom. The number of allylic oxidation sites excluding steroid dienone is 1. The number of carbonyl (C=O) groups is 1. The zero-order chi connectivity index (χ0) is 25.4. The molecule has 1 aliphatic carbocycles. The van der Waals surface area contributed by atoms with Crippen LogP contribution in [0.1, 0.15) is 65.9 Å². The van der Waals surface area contributed by atoms with Gasteiger partial charge in [-0.05, 0) is 68.0 Å². The lowest BCUT2D eigenvalue weighted by atomic mass is 9.85. The van der Waals surface area contributed by atoms with Gasteiger partial charge in [0.1, 0.15) is 5.76 Å². The van der Waals surface area contributed by atoms with Gasteiger partial charge in [-0.1, -0.05) is 70.5 Å². The molecule has 4 nitrogen and oxygen atoms in total. The molecular formula is C31H38N2O2. The fourth-order valence-electron chi connectivity index (χ4n) is 3.73. The number of amides is 1. The first-order valence-corrected chi connectivity index (χ1v) is 12.6. The predicted octanol–water partition coefficient (Wildman–Crippen LogP) is 9.16. The lowest BCUT2D eigenvalue weighted by Crippen LogP contribution is -2.27. The first kappa shape index (κ1) is 26.2. The third kappa shape index (κ3) is 6.60. The minimum absolute atomic E-state index is 0.112. The molecule has 0 atom stereocenters. The van der Waals surface area contributed by atoms with Crippen LogP contribution in [-0.2, 0) is 4.79 Å². The van der Waals surface area contributed by atoms with Gasteiger partial charge in [-0.25, -0.2) is 4.99 Å². The largest absolute Gasteiger partial charge is 0.437 e. The number of anilines is 1. The zero-order valence-electron chi connectivity index (χ0n) is 21.7. The number of carbonyl (C=O) groups excluding carboxylic acids is 1. The molecule has 0 saturated heterocycles. The van der Waals surface area contributed by atoms with E-state index < -0.39 is 0 Å². The first-order chi connectivity index (χ1) is 16.8. The van der Waals surface area contributed by atoms with Gasteiger partial charge in [0.2, 0.25) is 11.8 Å². The van der Waals surface area contributed by atoms with Gasteiger partial charge >= 0.3 is 0 Å². The molecule has 0 aliphatic heterocycles. The number of aliphatic imine (C=N–C) groups is 1. The summed E-state index contributed by atoms with van der Waals surface area (Å²) in [4.78, 5) is 16.7. The molecule has 1 aliphatic rings. The molecule has 2 aromatic carbocycles. The normalized spacial score (nSPS) is 13.3. The van der Waals surface area contributed by atoms with Crippen LogP contribution in [0.5, 0.6) is 0 Å². The molecule has 0 bridgehead atoms. The SMILES string of the molecule is C=C(C)c1c(/N=C\C)oc(-c2ccc(NC(=O)C3CCC3)cc2)c1-c1ccccc1.CCC(C)C. The molecule has 4 rings (SSSR count). The first-order valence-electron chi connectivity index (χ1n) is 12.6. The van der Waals surface area contributed by atoms with Crippen LogP contribution in [0.2, 0.25) is 0 Å². The maximum Gasteiger partial charge on any atom is 0.227 e. The summed E-state index contributed by atoms with van der Waals surface area (Å²) >= 11 is 0. The summed E-state index contributed by atoms with van der Waals surface area (Å²) in [5, 5.41) is 3.02. The average Bonchev–Trinajstić information content (AvgIpc) is 3.19. The van der Waals surface area contributed by atoms with E-state index in [-0.39, 0.29) is 11.8 Å². The smallest absolute Gasteiger partial charge is 0.227 e. The molecular weight excluding hydrogens is 432 g/mol. The van der Waals surface area contributed by atoms with Crippen LogP contribution in [0.3, 0.4) is 0 Å². The van der Waals surface area contributed by atoms with Crippen LogP contribution >= 0.6 is 0 Å². The van der Waals surface area contributed by atoms with Crippen molar-refractivity contribution in [1.29, 1.82) is 0 Å². The van der Waals surface area contributed by atoms with Crippen molar-refractivity contribution < 1.29 is 9.21 Å². The minimum atomic E-state index is 0.112. The predicted molar refractivity (Wildman–Crippen MR) is 149 cm³/mol. The zero-order valence-corrected chi connectivity index (χ0v) is 21.7. The molecule has 35 heavy (non-hydrogen) atoms. The molecule has 184 valence electrons. The third-order valence-corrected chi connectivity index (χ3v) is 6.33.